The zero-order chi connectivity index (χ0) is 14.9. The highest BCUT2D eigenvalue weighted by atomic mass is 32.2. The number of sulfonamides is 1. The van der Waals surface area contributed by atoms with E-state index in [4.69, 9.17) is 5.73 Å². The lowest BCUT2D eigenvalue weighted by Crippen LogP contribution is -2.24. The van der Waals surface area contributed by atoms with Crippen LogP contribution in [0.15, 0.2) is 23.2 Å². The Labute approximate surface area is 122 Å². The van der Waals surface area contributed by atoms with Crippen molar-refractivity contribution in [2.24, 2.45) is 0 Å². The Balaban J connectivity index is 2.27. The summed E-state index contributed by atoms with van der Waals surface area (Å²) in [5.74, 6) is 0. The fourth-order valence-electron chi connectivity index (χ4n) is 1.85. The van der Waals surface area contributed by atoms with Gasteiger partial charge in [0.1, 0.15) is 5.01 Å². The predicted molar refractivity (Wildman–Crippen MR) is 81.2 cm³/mol. The first kappa shape index (κ1) is 15.0. The monoisotopic (exact) mass is 311 g/mol. The molecule has 2 rings (SSSR count). The molecule has 0 radical (unpaired) electrons. The van der Waals surface area contributed by atoms with Gasteiger partial charge in [0, 0.05) is 16.8 Å². The maximum Gasteiger partial charge on any atom is 0.241 e. The van der Waals surface area contributed by atoms with Gasteiger partial charge in [-0.25, -0.2) is 18.1 Å². The van der Waals surface area contributed by atoms with Gasteiger partial charge >= 0.3 is 0 Å². The minimum Gasteiger partial charge on any atom is -0.398 e. The Morgan fingerprint density at radius 1 is 1.30 bits per heavy atom. The molecule has 7 heteroatoms. The molecule has 0 fully saturated rings. The predicted octanol–water partition coefficient (Wildman–Crippen LogP) is 2.13. The van der Waals surface area contributed by atoms with Crippen molar-refractivity contribution in [3.8, 4) is 0 Å². The number of aromatic nitrogens is 1. The fraction of sp³-hybridized carbons (Fsp3) is 0.308. The van der Waals surface area contributed by atoms with E-state index in [1.54, 1.807) is 25.3 Å². The number of nitrogens with zero attached hydrogens (tertiary/aromatic N) is 1. The average molecular weight is 311 g/mol. The molecule has 0 aliphatic heterocycles. The van der Waals surface area contributed by atoms with Gasteiger partial charge < -0.3 is 5.73 Å². The van der Waals surface area contributed by atoms with Crippen LogP contribution in [0.5, 0.6) is 0 Å². The molecule has 1 heterocycles. The number of nitrogens with one attached hydrogen (secondary N) is 1. The van der Waals surface area contributed by atoms with Crippen LogP contribution in [0, 0.1) is 20.8 Å². The van der Waals surface area contributed by atoms with Crippen LogP contribution in [-0.4, -0.2) is 13.4 Å². The Kier molecular flexibility index (Phi) is 4.12. The quantitative estimate of drug-likeness (QED) is 0.847. The highest BCUT2D eigenvalue weighted by molar-refractivity contribution is 7.89. The van der Waals surface area contributed by atoms with Crippen LogP contribution in [0.2, 0.25) is 0 Å². The lowest BCUT2D eigenvalue weighted by atomic mass is 10.1. The van der Waals surface area contributed by atoms with Gasteiger partial charge in [0.2, 0.25) is 10.0 Å². The molecule has 0 atom stereocenters. The van der Waals surface area contributed by atoms with Crippen LogP contribution in [0.3, 0.4) is 0 Å². The number of hydrogen-bond donors (Lipinski definition) is 2. The van der Waals surface area contributed by atoms with Crippen molar-refractivity contribution in [1.82, 2.24) is 9.71 Å². The molecule has 3 N–H and O–H groups in total. The summed E-state index contributed by atoms with van der Waals surface area (Å²) in [5, 5.41) is 0.740. The number of benzene rings is 1. The van der Waals surface area contributed by atoms with E-state index in [0.29, 0.717) is 11.3 Å². The van der Waals surface area contributed by atoms with E-state index in [2.05, 4.69) is 9.71 Å². The third-order valence-electron chi connectivity index (χ3n) is 2.92. The van der Waals surface area contributed by atoms with E-state index in [-0.39, 0.29) is 11.4 Å². The van der Waals surface area contributed by atoms with Crippen molar-refractivity contribution in [2.75, 3.05) is 5.73 Å². The zero-order valence-corrected chi connectivity index (χ0v) is 13.2. The lowest BCUT2D eigenvalue weighted by Gasteiger charge is -2.11. The van der Waals surface area contributed by atoms with E-state index in [9.17, 15) is 8.42 Å². The summed E-state index contributed by atoms with van der Waals surface area (Å²) in [5.41, 5.74) is 7.69. The van der Waals surface area contributed by atoms with Gasteiger partial charge in [-0.05, 0) is 44.0 Å². The summed E-state index contributed by atoms with van der Waals surface area (Å²) in [6, 6.07) is 3.39. The van der Waals surface area contributed by atoms with Crippen molar-refractivity contribution >= 4 is 27.0 Å². The minimum atomic E-state index is -3.59. The van der Waals surface area contributed by atoms with Crippen LogP contribution in [0.4, 0.5) is 5.69 Å². The molecular weight excluding hydrogens is 294 g/mol. The summed E-state index contributed by atoms with van der Waals surface area (Å²) < 4.78 is 27.3. The number of aryl methyl sites for hydroxylation is 2. The van der Waals surface area contributed by atoms with E-state index >= 15 is 0 Å². The molecule has 5 nitrogen and oxygen atoms in total. The molecule has 108 valence electrons. The van der Waals surface area contributed by atoms with E-state index in [1.165, 1.54) is 11.3 Å². The molecule has 0 amide bonds. The van der Waals surface area contributed by atoms with Gasteiger partial charge in [0.05, 0.1) is 11.4 Å². The zero-order valence-electron chi connectivity index (χ0n) is 11.6. The van der Waals surface area contributed by atoms with Crippen molar-refractivity contribution in [1.29, 1.82) is 0 Å². The molecule has 0 bridgehead atoms. The number of hydrogen-bond acceptors (Lipinski definition) is 5. The molecule has 0 saturated heterocycles. The van der Waals surface area contributed by atoms with Crippen LogP contribution in [0.1, 0.15) is 21.0 Å². The largest absolute Gasteiger partial charge is 0.398 e. The van der Waals surface area contributed by atoms with Crippen LogP contribution in [0.25, 0.3) is 0 Å². The van der Waals surface area contributed by atoms with Crippen LogP contribution in [-0.2, 0) is 16.6 Å². The molecule has 0 aliphatic rings. The first-order valence-corrected chi connectivity index (χ1v) is 8.37. The first-order chi connectivity index (χ1) is 9.29. The molecule has 0 saturated carbocycles. The molecule has 0 spiro atoms. The third kappa shape index (κ3) is 3.17. The van der Waals surface area contributed by atoms with Crippen molar-refractivity contribution in [3.05, 3.63) is 39.3 Å². The maximum absolute atomic E-state index is 12.3. The van der Waals surface area contributed by atoms with Crippen molar-refractivity contribution < 1.29 is 8.42 Å². The van der Waals surface area contributed by atoms with Gasteiger partial charge in [-0.2, -0.15) is 0 Å². The highest BCUT2D eigenvalue weighted by Crippen LogP contribution is 2.23. The SMILES string of the molecule is Cc1cc(N)c(C)c(S(=O)(=O)NCc2ncc(C)s2)c1. The second kappa shape index (κ2) is 5.51. The topological polar surface area (TPSA) is 85.1 Å². The molecular formula is C13H17N3O2S2. The van der Waals surface area contributed by atoms with Gasteiger partial charge in [0.15, 0.2) is 0 Å². The number of anilines is 1. The minimum absolute atomic E-state index is 0.189. The summed E-state index contributed by atoms with van der Waals surface area (Å²) in [7, 11) is -3.59. The standard InChI is InChI=1S/C13H17N3O2S2/c1-8-4-11(14)10(3)12(5-8)20(17,18)16-7-13-15-6-9(2)19-13/h4-6,16H,7,14H2,1-3H3. The Morgan fingerprint density at radius 3 is 2.60 bits per heavy atom. The molecule has 2 aromatic rings. The van der Waals surface area contributed by atoms with Gasteiger partial charge in [-0.1, -0.05) is 0 Å². The number of nitrogens with two attached hydrogens (primary N) is 1. The number of nitrogen functional groups attached to an aromatic ring is 1. The van der Waals surface area contributed by atoms with Gasteiger partial charge in [0.25, 0.3) is 0 Å². The average Bonchev–Trinajstić information content (AvgIpc) is 2.77. The second-order valence-electron chi connectivity index (χ2n) is 4.67. The van der Waals surface area contributed by atoms with Crippen molar-refractivity contribution in [3.63, 3.8) is 0 Å². The van der Waals surface area contributed by atoms with Crippen molar-refractivity contribution in [2.45, 2.75) is 32.2 Å². The summed E-state index contributed by atoms with van der Waals surface area (Å²) in [6.07, 6.45) is 1.73. The fourth-order valence-corrected chi connectivity index (χ4v) is 4.01. The maximum atomic E-state index is 12.3. The molecule has 1 aromatic carbocycles. The number of thiazole rings is 1. The summed E-state index contributed by atoms with van der Waals surface area (Å²) in [4.78, 5) is 5.41. The summed E-state index contributed by atoms with van der Waals surface area (Å²) in [6.45, 7) is 5.64. The van der Waals surface area contributed by atoms with Crippen LogP contribution < -0.4 is 10.5 Å². The number of rotatable bonds is 4. The normalized spacial score (nSPS) is 11.8. The van der Waals surface area contributed by atoms with Crippen LogP contribution >= 0.6 is 11.3 Å². The third-order valence-corrected chi connectivity index (χ3v) is 5.36. The first-order valence-electron chi connectivity index (χ1n) is 6.07. The highest BCUT2D eigenvalue weighted by Gasteiger charge is 2.19. The molecule has 0 unspecified atom stereocenters. The molecule has 0 aliphatic carbocycles. The lowest BCUT2D eigenvalue weighted by molar-refractivity contribution is 0.580. The smallest absolute Gasteiger partial charge is 0.241 e. The Hall–Kier alpha value is -1.44. The van der Waals surface area contributed by atoms with E-state index in [0.717, 1.165) is 15.4 Å². The summed E-state index contributed by atoms with van der Waals surface area (Å²) >= 11 is 1.47. The van der Waals surface area contributed by atoms with Gasteiger partial charge in [-0.15, -0.1) is 11.3 Å². The Morgan fingerprint density at radius 2 is 2.00 bits per heavy atom. The molecule has 1 aromatic heterocycles. The molecule has 20 heavy (non-hydrogen) atoms. The second-order valence-corrected chi connectivity index (χ2v) is 7.72. The van der Waals surface area contributed by atoms with E-state index < -0.39 is 10.0 Å². The van der Waals surface area contributed by atoms with Gasteiger partial charge in [-0.3, -0.25) is 0 Å². The van der Waals surface area contributed by atoms with E-state index in [1.807, 2.05) is 13.8 Å². The Bertz CT molecular complexity index is 736.